The second kappa shape index (κ2) is 2.27. The minimum absolute atomic E-state index is 0.0122. The zero-order valence-corrected chi connectivity index (χ0v) is 6.31. The van der Waals surface area contributed by atoms with Gasteiger partial charge in [0.15, 0.2) is 0 Å². The van der Waals surface area contributed by atoms with Gasteiger partial charge in [-0.2, -0.15) is 0 Å². The first-order valence-corrected chi connectivity index (χ1v) is 3.34. The van der Waals surface area contributed by atoms with Gasteiger partial charge >= 0.3 is 0 Å². The van der Waals surface area contributed by atoms with Gasteiger partial charge < -0.3 is 9.47 Å². The third-order valence-corrected chi connectivity index (χ3v) is 2.07. The molecule has 1 atom stereocenters. The second-order valence-corrected chi connectivity index (χ2v) is 3.14. The predicted octanol–water partition coefficient (Wildman–Crippen LogP) is 1.41. The van der Waals surface area contributed by atoms with Gasteiger partial charge in [-0.3, -0.25) is 0 Å². The van der Waals surface area contributed by atoms with Crippen molar-refractivity contribution >= 4 is 0 Å². The van der Waals surface area contributed by atoms with Crippen LogP contribution < -0.4 is 0 Å². The first kappa shape index (κ1) is 7.03. The molecule has 0 bridgehead atoms. The maximum Gasteiger partial charge on any atom is 0.147 e. The van der Waals surface area contributed by atoms with Gasteiger partial charge in [-0.15, -0.1) is 0 Å². The lowest BCUT2D eigenvalue weighted by Crippen LogP contribution is -2.40. The molecule has 1 aliphatic heterocycles. The molecular weight excluding hydrogens is 116 g/mol. The van der Waals surface area contributed by atoms with Crippen molar-refractivity contribution in [3.63, 3.8) is 0 Å². The lowest BCUT2D eigenvalue weighted by Gasteiger charge is -2.35. The highest BCUT2D eigenvalue weighted by Crippen LogP contribution is 2.24. The van der Waals surface area contributed by atoms with Crippen molar-refractivity contribution in [1.29, 1.82) is 0 Å². The van der Waals surface area contributed by atoms with E-state index in [-0.39, 0.29) is 5.60 Å². The second-order valence-electron chi connectivity index (χ2n) is 3.14. The van der Waals surface area contributed by atoms with Gasteiger partial charge in [0.25, 0.3) is 0 Å². The summed E-state index contributed by atoms with van der Waals surface area (Å²) in [5, 5.41) is 0. The first-order valence-electron chi connectivity index (χ1n) is 3.34. The molecule has 0 aromatic carbocycles. The van der Waals surface area contributed by atoms with E-state index in [1.54, 1.807) is 0 Å². The SMILES string of the molecule is C[C@H]1COCOC1(C)C. The first-order chi connectivity index (χ1) is 4.13. The molecule has 1 fully saturated rings. The van der Waals surface area contributed by atoms with Crippen molar-refractivity contribution < 1.29 is 9.47 Å². The molecule has 0 saturated carbocycles. The third kappa shape index (κ3) is 1.43. The summed E-state index contributed by atoms with van der Waals surface area (Å²) >= 11 is 0. The molecule has 2 nitrogen and oxygen atoms in total. The van der Waals surface area contributed by atoms with Crippen LogP contribution in [0.1, 0.15) is 20.8 Å². The molecule has 0 aliphatic carbocycles. The van der Waals surface area contributed by atoms with Crippen LogP contribution in [0.2, 0.25) is 0 Å². The van der Waals surface area contributed by atoms with Crippen LogP contribution in [-0.4, -0.2) is 19.0 Å². The van der Waals surface area contributed by atoms with Crippen molar-refractivity contribution in [3.8, 4) is 0 Å². The number of rotatable bonds is 0. The Morgan fingerprint density at radius 1 is 1.44 bits per heavy atom. The van der Waals surface area contributed by atoms with Gasteiger partial charge in [0, 0.05) is 5.92 Å². The molecule has 2 heteroatoms. The number of ether oxygens (including phenoxy) is 2. The molecule has 1 heterocycles. The van der Waals surface area contributed by atoms with Gasteiger partial charge in [0.2, 0.25) is 0 Å². The predicted molar refractivity (Wildman–Crippen MR) is 35.1 cm³/mol. The topological polar surface area (TPSA) is 18.5 Å². The van der Waals surface area contributed by atoms with Gasteiger partial charge in [-0.1, -0.05) is 6.92 Å². The van der Waals surface area contributed by atoms with Crippen LogP contribution in [-0.2, 0) is 9.47 Å². The largest absolute Gasteiger partial charge is 0.355 e. The molecule has 1 rings (SSSR count). The van der Waals surface area contributed by atoms with Crippen molar-refractivity contribution in [3.05, 3.63) is 0 Å². The van der Waals surface area contributed by atoms with Crippen molar-refractivity contribution in [2.75, 3.05) is 13.4 Å². The highest BCUT2D eigenvalue weighted by atomic mass is 16.7. The highest BCUT2D eigenvalue weighted by molar-refractivity contribution is 4.77. The van der Waals surface area contributed by atoms with E-state index >= 15 is 0 Å². The summed E-state index contributed by atoms with van der Waals surface area (Å²) < 4.78 is 10.5. The fourth-order valence-electron chi connectivity index (χ4n) is 0.761. The number of hydrogen-bond acceptors (Lipinski definition) is 2. The lowest BCUT2D eigenvalue weighted by atomic mass is 9.93. The van der Waals surface area contributed by atoms with Crippen LogP contribution in [0.5, 0.6) is 0 Å². The molecule has 0 N–H and O–H groups in total. The Kier molecular flexibility index (Phi) is 1.78. The van der Waals surface area contributed by atoms with Crippen molar-refractivity contribution in [2.24, 2.45) is 5.92 Å². The smallest absolute Gasteiger partial charge is 0.147 e. The van der Waals surface area contributed by atoms with Crippen molar-refractivity contribution in [1.82, 2.24) is 0 Å². The maximum absolute atomic E-state index is 5.36. The maximum atomic E-state index is 5.36. The Labute approximate surface area is 56.2 Å². The molecule has 0 unspecified atom stereocenters. The fourth-order valence-corrected chi connectivity index (χ4v) is 0.761. The molecule has 1 saturated heterocycles. The summed E-state index contributed by atoms with van der Waals surface area (Å²) in [5.74, 6) is 0.506. The molecule has 9 heavy (non-hydrogen) atoms. The van der Waals surface area contributed by atoms with E-state index in [1.165, 1.54) is 0 Å². The summed E-state index contributed by atoms with van der Waals surface area (Å²) in [6.07, 6.45) is 0. The Balaban J connectivity index is 2.49. The van der Waals surface area contributed by atoms with Gasteiger partial charge in [0.05, 0.1) is 12.2 Å². The Bertz CT molecular complexity index is 99.1. The summed E-state index contributed by atoms with van der Waals surface area (Å²) in [6.45, 7) is 7.61. The molecule has 0 radical (unpaired) electrons. The van der Waals surface area contributed by atoms with E-state index in [2.05, 4.69) is 20.8 Å². The van der Waals surface area contributed by atoms with Crippen LogP contribution >= 0.6 is 0 Å². The normalized spacial score (nSPS) is 34.3. The molecule has 0 aromatic heterocycles. The van der Waals surface area contributed by atoms with Gasteiger partial charge in [-0.05, 0) is 13.8 Å². The van der Waals surface area contributed by atoms with Crippen LogP contribution in [0.25, 0.3) is 0 Å². The summed E-state index contributed by atoms with van der Waals surface area (Å²) in [6, 6.07) is 0. The fraction of sp³-hybridized carbons (Fsp3) is 1.00. The Morgan fingerprint density at radius 2 is 2.11 bits per heavy atom. The van der Waals surface area contributed by atoms with E-state index in [0.29, 0.717) is 12.7 Å². The van der Waals surface area contributed by atoms with Gasteiger partial charge in [0.1, 0.15) is 6.79 Å². The summed E-state index contributed by atoms with van der Waals surface area (Å²) in [7, 11) is 0. The highest BCUT2D eigenvalue weighted by Gasteiger charge is 2.29. The number of hydrogen-bond donors (Lipinski definition) is 0. The quantitative estimate of drug-likeness (QED) is 0.493. The average molecular weight is 130 g/mol. The van der Waals surface area contributed by atoms with E-state index in [0.717, 1.165) is 6.61 Å². The standard InChI is InChI=1S/C7H14O2/c1-6-4-8-5-9-7(6,2)3/h6H,4-5H2,1-3H3/t6-/m0/s1. The van der Waals surface area contributed by atoms with Gasteiger partial charge in [-0.25, -0.2) is 0 Å². The molecule has 0 aromatic rings. The molecule has 0 amide bonds. The summed E-state index contributed by atoms with van der Waals surface area (Å²) in [4.78, 5) is 0. The zero-order chi connectivity index (χ0) is 6.91. The van der Waals surface area contributed by atoms with Crippen LogP contribution in [0.3, 0.4) is 0 Å². The molecule has 0 spiro atoms. The minimum atomic E-state index is 0.0122. The van der Waals surface area contributed by atoms with E-state index < -0.39 is 0 Å². The lowest BCUT2D eigenvalue weighted by molar-refractivity contribution is -0.206. The minimum Gasteiger partial charge on any atom is -0.355 e. The molecule has 54 valence electrons. The summed E-state index contributed by atoms with van der Waals surface area (Å²) in [5.41, 5.74) is 0.0122. The van der Waals surface area contributed by atoms with E-state index in [4.69, 9.17) is 9.47 Å². The van der Waals surface area contributed by atoms with Crippen LogP contribution in [0, 0.1) is 5.92 Å². The van der Waals surface area contributed by atoms with Crippen molar-refractivity contribution in [2.45, 2.75) is 26.4 Å². The molecule has 1 aliphatic rings. The van der Waals surface area contributed by atoms with E-state index in [9.17, 15) is 0 Å². The zero-order valence-electron chi connectivity index (χ0n) is 6.31. The Morgan fingerprint density at radius 3 is 2.44 bits per heavy atom. The third-order valence-electron chi connectivity index (χ3n) is 2.07. The monoisotopic (exact) mass is 130 g/mol. The Hall–Kier alpha value is -0.0800. The molecular formula is C7H14O2. The van der Waals surface area contributed by atoms with Crippen LogP contribution in [0.15, 0.2) is 0 Å². The average Bonchev–Trinajstić information content (AvgIpc) is 1.77. The van der Waals surface area contributed by atoms with Crippen LogP contribution in [0.4, 0.5) is 0 Å². The van der Waals surface area contributed by atoms with E-state index in [1.807, 2.05) is 0 Å².